The maximum atomic E-state index is 12.4. The van der Waals surface area contributed by atoms with Crippen molar-refractivity contribution in [2.24, 2.45) is 5.84 Å². The van der Waals surface area contributed by atoms with Crippen LogP contribution in [0.2, 0.25) is 0 Å². The van der Waals surface area contributed by atoms with Gasteiger partial charge in [0.05, 0.1) is 5.56 Å². The Labute approximate surface area is 94.4 Å². The molecule has 1 rings (SSSR count). The number of carbonyl (C=O) groups is 1. The molecule has 0 aromatic carbocycles. The molecule has 8 heteroatoms. The van der Waals surface area contributed by atoms with E-state index in [1.165, 1.54) is 0 Å². The second-order valence-electron chi connectivity index (χ2n) is 3.18. The first kappa shape index (κ1) is 13.4. The van der Waals surface area contributed by atoms with Gasteiger partial charge >= 0.3 is 6.18 Å². The van der Waals surface area contributed by atoms with Crippen molar-refractivity contribution >= 4 is 5.91 Å². The van der Waals surface area contributed by atoms with E-state index in [2.05, 4.69) is 4.98 Å². The molecule has 0 aliphatic rings. The quantitative estimate of drug-likeness (QED) is 0.406. The van der Waals surface area contributed by atoms with Gasteiger partial charge in [-0.2, -0.15) is 13.2 Å². The summed E-state index contributed by atoms with van der Waals surface area (Å²) in [6.07, 6.45) is -4.11. The Morgan fingerprint density at radius 2 is 2.18 bits per heavy atom. The zero-order valence-corrected chi connectivity index (χ0v) is 8.58. The van der Waals surface area contributed by atoms with Crippen LogP contribution in [0.15, 0.2) is 12.3 Å². The Morgan fingerprint density at radius 3 is 2.65 bits per heavy atom. The fraction of sp³-hybridized carbons (Fsp3) is 0.333. The molecule has 0 spiro atoms. The van der Waals surface area contributed by atoms with Crippen molar-refractivity contribution in [3.63, 3.8) is 0 Å². The van der Waals surface area contributed by atoms with Crippen LogP contribution >= 0.6 is 0 Å². The summed E-state index contributed by atoms with van der Waals surface area (Å²) in [5, 5.41) is 8.72. The summed E-state index contributed by atoms with van der Waals surface area (Å²) >= 11 is 0. The molecule has 0 saturated carbocycles. The van der Waals surface area contributed by atoms with Crippen LogP contribution in [0.5, 0.6) is 0 Å². The van der Waals surface area contributed by atoms with Crippen LogP contribution in [0, 0.1) is 0 Å². The number of nitrogen functional groups attached to an aromatic ring is 1. The lowest BCUT2D eigenvalue weighted by Gasteiger charge is -2.11. The second kappa shape index (κ2) is 5.11. The Hall–Kier alpha value is -1.67. The first-order valence-electron chi connectivity index (χ1n) is 4.58. The van der Waals surface area contributed by atoms with Crippen molar-refractivity contribution in [1.82, 2.24) is 10.4 Å². The molecule has 0 bridgehead atoms. The molecule has 0 aliphatic heterocycles. The van der Waals surface area contributed by atoms with Crippen molar-refractivity contribution in [1.29, 1.82) is 0 Å². The maximum absolute atomic E-state index is 12.4. The molecule has 0 fully saturated rings. The van der Waals surface area contributed by atoms with E-state index >= 15 is 0 Å². The predicted molar refractivity (Wildman–Crippen MR) is 51.7 cm³/mol. The number of nitrogens with one attached hydrogen (secondary N) is 1. The Balaban J connectivity index is 3.21. The fourth-order valence-electron chi connectivity index (χ4n) is 1.25. The van der Waals surface area contributed by atoms with Gasteiger partial charge in [-0.25, -0.2) is 5.84 Å². The van der Waals surface area contributed by atoms with E-state index in [1.807, 2.05) is 0 Å². The minimum Gasteiger partial charge on any atom is -0.396 e. The van der Waals surface area contributed by atoms with Crippen molar-refractivity contribution in [2.45, 2.75) is 12.6 Å². The third-order valence-electron chi connectivity index (χ3n) is 2.02. The summed E-state index contributed by atoms with van der Waals surface area (Å²) in [6.45, 7) is -0.395. The summed E-state index contributed by atoms with van der Waals surface area (Å²) in [4.78, 5) is 14.6. The van der Waals surface area contributed by atoms with Crippen LogP contribution in [0.25, 0.3) is 0 Å². The molecular weight excluding hydrogens is 239 g/mol. The number of nitrogens with zero attached hydrogens (tertiary/aromatic N) is 1. The van der Waals surface area contributed by atoms with Crippen LogP contribution in [0.4, 0.5) is 13.2 Å². The minimum atomic E-state index is -4.55. The molecule has 1 heterocycles. The lowest BCUT2D eigenvalue weighted by molar-refractivity contribution is -0.137. The average molecular weight is 249 g/mol. The molecule has 1 aromatic heterocycles. The normalized spacial score (nSPS) is 11.4. The Bertz CT molecular complexity index is 420. The van der Waals surface area contributed by atoms with Gasteiger partial charge in [0.15, 0.2) is 0 Å². The van der Waals surface area contributed by atoms with Crippen molar-refractivity contribution in [3.8, 4) is 0 Å². The van der Waals surface area contributed by atoms with Gasteiger partial charge in [-0.1, -0.05) is 0 Å². The highest BCUT2D eigenvalue weighted by molar-refractivity contribution is 5.93. The summed E-state index contributed by atoms with van der Waals surface area (Å²) in [5.74, 6) is 4.07. The number of nitrogens with two attached hydrogens (primary N) is 1. The molecule has 0 radical (unpaired) electrons. The summed E-state index contributed by atoms with van der Waals surface area (Å²) < 4.78 is 37.2. The number of amides is 1. The third-order valence-corrected chi connectivity index (χ3v) is 2.02. The van der Waals surface area contributed by atoms with Crippen LogP contribution in [0.3, 0.4) is 0 Å². The van der Waals surface area contributed by atoms with E-state index < -0.39 is 24.3 Å². The van der Waals surface area contributed by atoms with Gasteiger partial charge in [0, 0.05) is 12.8 Å². The number of halogens is 3. The zero-order chi connectivity index (χ0) is 13.1. The van der Waals surface area contributed by atoms with Gasteiger partial charge in [-0.3, -0.25) is 15.2 Å². The maximum Gasteiger partial charge on any atom is 0.417 e. The molecule has 5 nitrogen and oxygen atoms in total. The van der Waals surface area contributed by atoms with E-state index in [1.54, 1.807) is 5.43 Å². The van der Waals surface area contributed by atoms with Crippen LogP contribution < -0.4 is 11.3 Å². The number of hydrogen-bond acceptors (Lipinski definition) is 4. The zero-order valence-electron chi connectivity index (χ0n) is 8.58. The first-order chi connectivity index (χ1) is 7.90. The lowest BCUT2D eigenvalue weighted by atomic mass is 10.1. The molecule has 17 heavy (non-hydrogen) atoms. The number of hydrogen-bond donors (Lipinski definition) is 3. The average Bonchev–Trinajstić information content (AvgIpc) is 2.27. The molecule has 0 atom stereocenters. The topological polar surface area (TPSA) is 88.2 Å². The Morgan fingerprint density at radius 1 is 1.53 bits per heavy atom. The van der Waals surface area contributed by atoms with Gasteiger partial charge in [-0.05, 0) is 18.1 Å². The van der Waals surface area contributed by atoms with Gasteiger partial charge in [0.2, 0.25) is 0 Å². The molecule has 4 N–H and O–H groups in total. The van der Waals surface area contributed by atoms with Gasteiger partial charge in [0.1, 0.15) is 5.69 Å². The summed E-state index contributed by atoms with van der Waals surface area (Å²) in [5.41, 5.74) is 0.560. The number of rotatable bonds is 3. The minimum absolute atomic E-state index is 0.00900. The molecule has 0 unspecified atom stereocenters. The fourth-order valence-corrected chi connectivity index (χ4v) is 1.25. The van der Waals surface area contributed by atoms with Crippen LogP contribution in [-0.2, 0) is 12.6 Å². The molecule has 94 valence electrons. The lowest BCUT2D eigenvalue weighted by Crippen LogP contribution is -2.32. The van der Waals surface area contributed by atoms with E-state index in [9.17, 15) is 18.0 Å². The molecular formula is C9H10F3N3O2. The molecule has 1 amide bonds. The van der Waals surface area contributed by atoms with Gasteiger partial charge < -0.3 is 5.11 Å². The van der Waals surface area contributed by atoms with E-state index in [0.29, 0.717) is 6.20 Å². The largest absolute Gasteiger partial charge is 0.417 e. The standard InChI is InChI=1S/C9H10F3N3O2/c10-9(11,12)6-3-5(1-2-16)7(14-4-6)8(17)15-13/h3-4,16H,1-2,13H2,(H,15,17). The third kappa shape index (κ3) is 3.14. The smallest absolute Gasteiger partial charge is 0.396 e. The molecule has 0 saturated heterocycles. The van der Waals surface area contributed by atoms with Crippen LogP contribution in [0.1, 0.15) is 21.6 Å². The van der Waals surface area contributed by atoms with E-state index in [0.717, 1.165) is 6.07 Å². The van der Waals surface area contributed by atoms with Crippen molar-refractivity contribution in [3.05, 3.63) is 29.1 Å². The number of aromatic nitrogens is 1. The number of carbonyl (C=O) groups excluding carboxylic acids is 1. The van der Waals surface area contributed by atoms with Crippen LogP contribution in [-0.4, -0.2) is 22.6 Å². The molecule has 0 aliphatic carbocycles. The van der Waals surface area contributed by atoms with Crippen molar-refractivity contribution in [2.75, 3.05) is 6.61 Å². The highest BCUT2D eigenvalue weighted by Crippen LogP contribution is 2.29. The Kier molecular flexibility index (Phi) is 4.02. The summed E-state index contributed by atoms with van der Waals surface area (Å²) in [7, 11) is 0. The molecule has 1 aromatic rings. The van der Waals surface area contributed by atoms with E-state index in [4.69, 9.17) is 10.9 Å². The van der Waals surface area contributed by atoms with E-state index in [-0.39, 0.29) is 17.7 Å². The van der Waals surface area contributed by atoms with Gasteiger partial charge in [-0.15, -0.1) is 0 Å². The monoisotopic (exact) mass is 249 g/mol. The second-order valence-corrected chi connectivity index (χ2v) is 3.18. The predicted octanol–water partition coefficient (Wildman–Crippen LogP) is 0.239. The highest BCUT2D eigenvalue weighted by Gasteiger charge is 2.32. The number of hydrazine groups is 1. The first-order valence-corrected chi connectivity index (χ1v) is 4.58. The summed E-state index contributed by atoms with van der Waals surface area (Å²) in [6, 6.07) is 0.772. The highest BCUT2D eigenvalue weighted by atomic mass is 19.4. The SMILES string of the molecule is NNC(=O)c1ncc(C(F)(F)F)cc1CCO. The number of aliphatic hydroxyl groups excluding tert-OH is 1. The number of alkyl halides is 3. The van der Waals surface area contributed by atoms with Crippen molar-refractivity contribution < 1.29 is 23.1 Å². The number of aliphatic hydroxyl groups is 1. The van der Waals surface area contributed by atoms with Gasteiger partial charge in [0.25, 0.3) is 5.91 Å². The number of pyridine rings is 1.